The van der Waals surface area contributed by atoms with Gasteiger partial charge in [-0.25, -0.2) is 9.37 Å². The van der Waals surface area contributed by atoms with E-state index in [9.17, 15) is 9.18 Å². The van der Waals surface area contributed by atoms with Gasteiger partial charge in [0, 0.05) is 19.0 Å². The van der Waals surface area contributed by atoms with Crippen LogP contribution in [0.1, 0.15) is 33.1 Å². The first-order chi connectivity index (χ1) is 18.0. The van der Waals surface area contributed by atoms with Crippen LogP contribution in [0.3, 0.4) is 0 Å². The first-order valence-electron chi connectivity index (χ1n) is 11.5. The number of rotatable bonds is 4. The molecule has 1 aliphatic heterocycles. The Labute approximate surface area is 218 Å². The molecule has 1 aliphatic rings. The van der Waals surface area contributed by atoms with Crippen LogP contribution in [0.4, 0.5) is 10.1 Å². The smallest absolute Gasteiger partial charge is 0.291 e. The molecule has 4 aromatic rings. The van der Waals surface area contributed by atoms with Crippen LogP contribution < -0.4 is 15.0 Å². The molecule has 0 aliphatic carbocycles. The predicted molar refractivity (Wildman–Crippen MR) is 142 cm³/mol. The molecule has 2 heterocycles. The van der Waals surface area contributed by atoms with Crippen LogP contribution in [0.25, 0.3) is 0 Å². The zero-order valence-corrected chi connectivity index (χ0v) is 20.7. The minimum absolute atomic E-state index is 0.0313. The number of likely N-dealkylation sites (N-methyl/N-ethyl adjacent to an activating group) is 1. The van der Waals surface area contributed by atoms with Crippen molar-refractivity contribution in [3.63, 3.8) is 0 Å². The summed E-state index contributed by atoms with van der Waals surface area (Å²) in [6.45, 7) is 0.142. The molecule has 0 bridgehead atoms. The first kappa shape index (κ1) is 24.2. The molecule has 0 radical (unpaired) electrons. The standard InChI is InChI=1S/C28H22FN5O2S/c1-34-23-15-19(11-13-20-9-5-6-10-21(20)29)12-14-24(23)36-17-22(28(34)37)30-27(35)26-31-25(32-33-26)16-18-7-3-2-4-8-18/h2-10,12,14-15,22H,16-17H2,1H3,(H,30,35)(H,31,32,33)/t22-/m0/s1. The maximum absolute atomic E-state index is 13.9. The topological polar surface area (TPSA) is 83.1 Å². The van der Waals surface area contributed by atoms with E-state index >= 15 is 0 Å². The number of thiocarbonyl (C=S) groups is 1. The number of aromatic nitrogens is 3. The highest BCUT2D eigenvalue weighted by molar-refractivity contribution is 7.80. The maximum Gasteiger partial charge on any atom is 0.291 e. The van der Waals surface area contributed by atoms with Crippen LogP contribution in [0, 0.1) is 17.7 Å². The molecule has 37 heavy (non-hydrogen) atoms. The normalized spacial score (nSPS) is 14.6. The van der Waals surface area contributed by atoms with Crippen LogP contribution in [-0.4, -0.2) is 45.8 Å². The average Bonchev–Trinajstić information content (AvgIpc) is 3.35. The summed E-state index contributed by atoms with van der Waals surface area (Å²) in [6, 6.07) is 21.0. The summed E-state index contributed by atoms with van der Waals surface area (Å²) in [6.07, 6.45) is 0.534. The Morgan fingerprint density at radius 1 is 1.16 bits per heavy atom. The third-order valence-corrected chi connectivity index (χ3v) is 6.38. The fourth-order valence-corrected chi connectivity index (χ4v) is 4.09. The van der Waals surface area contributed by atoms with Gasteiger partial charge in [0.25, 0.3) is 5.91 Å². The molecule has 1 aromatic heterocycles. The van der Waals surface area contributed by atoms with Crippen molar-refractivity contribution in [2.45, 2.75) is 12.5 Å². The molecule has 5 rings (SSSR count). The van der Waals surface area contributed by atoms with Crippen molar-refractivity contribution in [1.82, 2.24) is 20.5 Å². The van der Waals surface area contributed by atoms with E-state index in [1.807, 2.05) is 36.4 Å². The van der Waals surface area contributed by atoms with E-state index in [0.29, 0.717) is 39.8 Å². The van der Waals surface area contributed by atoms with Gasteiger partial charge in [0.05, 0.1) is 11.3 Å². The van der Waals surface area contributed by atoms with Gasteiger partial charge < -0.3 is 15.0 Å². The van der Waals surface area contributed by atoms with Gasteiger partial charge in [0.1, 0.15) is 35.0 Å². The minimum atomic E-state index is -0.580. The molecular formula is C28H22FN5O2S. The number of H-pyrrole nitrogens is 1. The molecular weight excluding hydrogens is 489 g/mol. The molecule has 0 spiro atoms. The summed E-state index contributed by atoms with van der Waals surface area (Å²) in [5, 5.41) is 9.75. The summed E-state index contributed by atoms with van der Waals surface area (Å²) in [4.78, 5) is 19.4. The number of carbonyl (C=O) groups excluding carboxylic acids is 1. The van der Waals surface area contributed by atoms with Crippen LogP contribution in [0.2, 0.25) is 0 Å². The van der Waals surface area contributed by atoms with Crippen molar-refractivity contribution in [1.29, 1.82) is 0 Å². The lowest BCUT2D eigenvalue weighted by Gasteiger charge is -2.23. The number of nitrogens with one attached hydrogen (secondary N) is 2. The largest absolute Gasteiger partial charge is 0.489 e. The number of anilines is 1. The minimum Gasteiger partial charge on any atom is -0.489 e. The van der Waals surface area contributed by atoms with Gasteiger partial charge in [0.15, 0.2) is 0 Å². The predicted octanol–water partition coefficient (Wildman–Crippen LogP) is 3.89. The number of amides is 1. The van der Waals surface area contributed by atoms with Crippen molar-refractivity contribution < 1.29 is 13.9 Å². The quantitative estimate of drug-likeness (QED) is 0.320. The number of fused-ring (bicyclic) bond motifs is 1. The van der Waals surface area contributed by atoms with Gasteiger partial charge in [-0.05, 0) is 35.9 Å². The summed E-state index contributed by atoms with van der Waals surface area (Å²) in [7, 11) is 1.80. The van der Waals surface area contributed by atoms with Crippen LogP contribution in [0.15, 0.2) is 72.8 Å². The van der Waals surface area contributed by atoms with Crippen LogP contribution in [0.5, 0.6) is 5.75 Å². The molecule has 0 saturated carbocycles. The Kier molecular flexibility index (Phi) is 6.92. The van der Waals surface area contributed by atoms with Gasteiger partial charge >= 0.3 is 0 Å². The first-order valence-corrected chi connectivity index (χ1v) is 12.0. The molecule has 2 N–H and O–H groups in total. The van der Waals surface area contributed by atoms with Gasteiger partial charge in [-0.1, -0.05) is 66.5 Å². The number of hydrogen-bond acceptors (Lipinski definition) is 5. The molecule has 184 valence electrons. The highest BCUT2D eigenvalue weighted by atomic mass is 32.1. The number of carbonyl (C=O) groups is 1. The van der Waals surface area contributed by atoms with Gasteiger partial charge in [-0.3, -0.25) is 9.89 Å². The number of nitrogens with zero attached hydrogens (tertiary/aromatic N) is 3. The Morgan fingerprint density at radius 3 is 2.76 bits per heavy atom. The zero-order chi connectivity index (χ0) is 25.8. The van der Waals surface area contributed by atoms with Crippen molar-refractivity contribution in [3.05, 3.63) is 107 Å². The number of benzene rings is 3. The number of hydrogen-bond donors (Lipinski definition) is 2. The molecule has 0 unspecified atom stereocenters. The summed E-state index contributed by atoms with van der Waals surface area (Å²) < 4.78 is 19.9. The molecule has 0 fully saturated rings. The molecule has 3 aromatic carbocycles. The Bertz CT molecular complexity index is 1530. The lowest BCUT2D eigenvalue weighted by molar-refractivity contribution is 0.0927. The van der Waals surface area contributed by atoms with Crippen molar-refractivity contribution >= 4 is 28.8 Å². The fourth-order valence-electron chi connectivity index (χ4n) is 3.87. The van der Waals surface area contributed by atoms with E-state index in [0.717, 1.165) is 5.56 Å². The van der Waals surface area contributed by atoms with E-state index in [2.05, 4.69) is 32.3 Å². The van der Waals surface area contributed by atoms with Gasteiger partial charge in [-0.2, -0.15) is 0 Å². The number of aromatic amines is 1. The number of ether oxygens (including phenoxy) is 1. The van der Waals surface area contributed by atoms with Crippen LogP contribution in [-0.2, 0) is 6.42 Å². The third kappa shape index (κ3) is 5.50. The third-order valence-electron chi connectivity index (χ3n) is 5.82. The van der Waals surface area contributed by atoms with Crippen molar-refractivity contribution in [2.75, 3.05) is 18.6 Å². The molecule has 1 atom stereocenters. The summed E-state index contributed by atoms with van der Waals surface area (Å²) in [5.41, 5.74) is 2.75. The molecule has 7 nitrogen and oxygen atoms in total. The fraction of sp³-hybridized carbons (Fsp3) is 0.143. The highest BCUT2D eigenvalue weighted by Gasteiger charge is 2.29. The van der Waals surface area contributed by atoms with Gasteiger partial charge in [-0.15, -0.1) is 5.10 Å². The van der Waals surface area contributed by atoms with E-state index in [-0.39, 0.29) is 18.2 Å². The second-order valence-electron chi connectivity index (χ2n) is 8.41. The lowest BCUT2D eigenvalue weighted by Crippen LogP contribution is -2.48. The highest BCUT2D eigenvalue weighted by Crippen LogP contribution is 2.32. The van der Waals surface area contributed by atoms with Crippen molar-refractivity contribution in [3.8, 4) is 17.6 Å². The van der Waals surface area contributed by atoms with E-state index in [4.69, 9.17) is 17.0 Å². The zero-order valence-electron chi connectivity index (χ0n) is 19.9. The molecule has 0 saturated heterocycles. The summed E-state index contributed by atoms with van der Waals surface area (Å²) >= 11 is 5.67. The monoisotopic (exact) mass is 511 g/mol. The van der Waals surface area contributed by atoms with Crippen molar-refractivity contribution in [2.24, 2.45) is 0 Å². The average molecular weight is 512 g/mol. The van der Waals surface area contributed by atoms with Crippen LogP contribution >= 0.6 is 12.2 Å². The number of halogens is 1. The molecule has 1 amide bonds. The Morgan fingerprint density at radius 2 is 1.95 bits per heavy atom. The Balaban J connectivity index is 1.28. The second kappa shape index (κ2) is 10.6. The van der Waals surface area contributed by atoms with E-state index in [1.165, 1.54) is 6.07 Å². The summed E-state index contributed by atoms with van der Waals surface area (Å²) in [5.74, 6) is 6.23. The SMILES string of the molecule is CN1C(=S)[C@@H](NC(=O)c2n[nH]c(Cc3ccccc3)n2)COc2ccc(C#Cc3ccccc3F)cc21. The maximum atomic E-state index is 13.9. The molecule has 9 heteroatoms. The van der Waals surface area contributed by atoms with E-state index < -0.39 is 11.9 Å². The second-order valence-corrected chi connectivity index (χ2v) is 8.83. The Hall–Kier alpha value is -4.55. The lowest BCUT2D eigenvalue weighted by atomic mass is 10.1. The van der Waals surface area contributed by atoms with Gasteiger partial charge in [0.2, 0.25) is 5.82 Å². The van der Waals surface area contributed by atoms with E-state index in [1.54, 1.807) is 42.3 Å².